The van der Waals surface area contributed by atoms with Crippen LogP contribution in [0.2, 0.25) is 0 Å². The zero-order valence-corrected chi connectivity index (χ0v) is 8.94. The van der Waals surface area contributed by atoms with Crippen LogP contribution in [0.5, 0.6) is 0 Å². The zero-order chi connectivity index (χ0) is 11.4. The molecule has 0 saturated carbocycles. The predicted molar refractivity (Wildman–Crippen MR) is 60.7 cm³/mol. The van der Waals surface area contributed by atoms with Gasteiger partial charge >= 0.3 is 0 Å². The summed E-state index contributed by atoms with van der Waals surface area (Å²) in [5.41, 5.74) is 5.50. The minimum absolute atomic E-state index is 0.0212. The summed E-state index contributed by atoms with van der Waals surface area (Å²) < 4.78 is 0. The van der Waals surface area contributed by atoms with Gasteiger partial charge in [-0.15, -0.1) is 0 Å². The topological polar surface area (TPSA) is 92.9 Å². The second-order valence-corrected chi connectivity index (χ2v) is 3.82. The van der Waals surface area contributed by atoms with Gasteiger partial charge in [0.05, 0.1) is 0 Å². The van der Waals surface area contributed by atoms with Crippen LogP contribution in [0.3, 0.4) is 0 Å². The molecule has 0 bridgehead atoms. The summed E-state index contributed by atoms with van der Waals surface area (Å²) >= 11 is 0. The molecule has 0 atom stereocenters. The molecule has 0 spiro atoms. The Hall–Kier alpha value is -1.69. The number of nitrogens with two attached hydrogens (primary N) is 1. The molecule has 1 aromatic heterocycles. The Morgan fingerprint density at radius 2 is 2.25 bits per heavy atom. The fourth-order valence-electron chi connectivity index (χ4n) is 1.73. The largest absolute Gasteiger partial charge is 0.384 e. The average molecular weight is 221 g/mol. The number of nitrogens with one attached hydrogen (secondary N) is 2. The van der Waals surface area contributed by atoms with E-state index < -0.39 is 0 Å². The molecule has 1 amide bonds. The molecule has 1 fully saturated rings. The van der Waals surface area contributed by atoms with Gasteiger partial charge in [-0.05, 0) is 32.0 Å². The first kappa shape index (κ1) is 10.8. The minimum Gasteiger partial charge on any atom is -0.384 e. The lowest BCUT2D eigenvalue weighted by molar-refractivity contribution is -0.120. The third-order valence-corrected chi connectivity index (χ3v) is 2.62. The van der Waals surface area contributed by atoms with E-state index in [2.05, 4.69) is 20.6 Å². The molecule has 2 heterocycles. The molecule has 0 aliphatic carbocycles. The summed E-state index contributed by atoms with van der Waals surface area (Å²) in [6.07, 6.45) is 3.24. The highest BCUT2D eigenvalue weighted by atomic mass is 16.2. The van der Waals surface area contributed by atoms with E-state index >= 15 is 0 Å². The van der Waals surface area contributed by atoms with Crippen LogP contribution in [-0.2, 0) is 4.79 Å². The lowest BCUT2D eigenvalue weighted by Crippen LogP contribution is -2.34. The van der Waals surface area contributed by atoms with Gasteiger partial charge in [0.2, 0.25) is 11.9 Å². The molecule has 16 heavy (non-hydrogen) atoms. The number of nitrogens with zero attached hydrogens (tertiary/aromatic N) is 2. The molecule has 0 unspecified atom stereocenters. The Labute approximate surface area is 93.7 Å². The summed E-state index contributed by atoms with van der Waals surface area (Å²) in [5.74, 6) is 0.664. The summed E-state index contributed by atoms with van der Waals surface area (Å²) in [5, 5.41) is 5.89. The van der Waals surface area contributed by atoms with Crippen LogP contribution in [-0.4, -0.2) is 29.0 Å². The fourth-order valence-corrected chi connectivity index (χ4v) is 1.73. The lowest BCUT2D eigenvalue weighted by Gasteiger charge is -2.21. The highest BCUT2D eigenvalue weighted by Crippen LogP contribution is 2.13. The molecule has 2 rings (SSSR count). The van der Waals surface area contributed by atoms with E-state index in [4.69, 9.17) is 5.73 Å². The van der Waals surface area contributed by atoms with Crippen LogP contribution < -0.4 is 16.4 Å². The monoisotopic (exact) mass is 221 g/mol. The van der Waals surface area contributed by atoms with E-state index in [-0.39, 0.29) is 17.8 Å². The van der Waals surface area contributed by atoms with E-state index in [9.17, 15) is 4.79 Å². The zero-order valence-electron chi connectivity index (χ0n) is 8.94. The lowest BCUT2D eigenvalue weighted by atomic mass is 9.97. The van der Waals surface area contributed by atoms with Crippen molar-refractivity contribution in [2.24, 2.45) is 5.92 Å². The number of piperidine rings is 1. The number of hydrogen-bond donors (Lipinski definition) is 3. The minimum atomic E-state index is -0.0212. The summed E-state index contributed by atoms with van der Waals surface area (Å²) in [4.78, 5) is 19.7. The normalized spacial score (nSPS) is 17.0. The number of nitrogen functional groups attached to an aromatic ring is 1. The van der Waals surface area contributed by atoms with Gasteiger partial charge in [-0.1, -0.05) is 0 Å². The Morgan fingerprint density at radius 1 is 1.50 bits per heavy atom. The number of rotatable bonds is 2. The SMILES string of the molecule is Nc1ccnc(NC(=O)C2CCNCC2)n1. The van der Waals surface area contributed by atoms with Crippen LogP contribution in [0.1, 0.15) is 12.8 Å². The molecule has 1 aliphatic heterocycles. The molecular weight excluding hydrogens is 206 g/mol. The maximum Gasteiger partial charge on any atom is 0.231 e. The molecular formula is C10H15N5O. The van der Waals surface area contributed by atoms with Crippen molar-refractivity contribution in [1.82, 2.24) is 15.3 Å². The van der Waals surface area contributed by atoms with Gasteiger partial charge in [-0.2, -0.15) is 4.98 Å². The molecule has 86 valence electrons. The van der Waals surface area contributed by atoms with E-state index in [1.807, 2.05) is 0 Å². The van der Waals surface area contributed by atoms with Crippen molar-refractivity contribution in [3.63, 3.8) is 0 Å². The highest BCUT2D eigenvalue weighted by molar-refractivity contribution is 5.91. The summed E-state index contributed by atoms with van der Waals surface area (Å²) in [6.45, 7) is 1.77. The Morgan fingerprint density at radius 3 is 2.94 bits per heavy atom. The molecule has 4 N–H and O–H groups in total. The van der Waals surface area contributed by atoms with Crippen molar-refractivity contribution in [1.29, 1.82) is 0 Å². The van der Waals surface area contributed by atoms with Crippen molar-refractivity contribution in [2.45, 2.75) is 12.8 Å². The van der Waals surface area contributed by atoms with E-state index in [1.165, 1.54) is 6.20 Å². The van der Waals surface area contributed by atoms with E-state index in [0.717, 1.165) is 25.9 Å². The van der Waals surface area contributed by atoms with Crippen molar-refractivity contribution in [2.75, 3.05) is 24.1 Å². The molecule has 1 aromatic rings. The number of carbonyl (C=O) groups excluding carboxylic acids is 1. The van der Waals surface area contributed by atoms with Gasteiger partial charge in [0, 0.05) is 12.1 Å². The summed E-state index contributed by atoms with van der Waals surface area (Å²) in [6, 6.07) is 1.58. The van der Waals surface area contributed by atoms with Crippen molar-refractivity contribution in [3.8, 4) is 0 Å². The molecule has 1 saturated heterocycles. The molecule has 0 aromatic carbocycles. The highest BCUT2D eigenvalue weighted by Gasteiger charge is 2.21. The average Bonchev–Trinajstić information content (AvgIpc) is 2.30. The van der Waals surface area contributed by atoms with Crippen LogP contribution in [0, 0.1) is 5.92 Å². The number of hydrogen-bond acceptors (Lipinski definition) is 5. The Kier molecular flexibility index (Phi) is 3.31. The second kappa shape index (κ2) is 4.89. The number of aromatic nitrogens is 2. The Balaban J connectivity index is 1.96. The van der Waals surface area contributed by atoms with Crippen LogP contribution in [0.25, 0.3) is 0 Å². The third kappa shape index (κ3) is 2.66. The standard InChI is InChI=1S/C10H15N5O/c11-8-3-6-13-10(14-8)15-9(16)7-1-4-12-5-2-7/h3,6-7,12H,1-2,4-5H2,(H3,11,13,14,15,16). The first-order valence-electron chi connectivity index (χ1n) is 5.36. The number of anilines is 2. The second-order valence-electron chi connectivity index (χ2n) is 3.82. The van der Waals surface area contributed by atoms with Gasteiger partial charge < -0.3 is 11.1 Å². The van der Waals surface area contributed by atoms with Gasteiger partial charge in [0.1, 0.15) is 5.82 Å². The smallest absolute Gasteiger partial charge is 0.231 e. The van der Waals surface area contributed by atoms with Crippen molar-refractivity contribution < 1.29 is 4.79 Å². The van der Waals surface area contributed by atoms with Crippen LogP contribution in [0.15, 0.2) is 12.3 Å². The summed E-state index contributed by atoms with van der Waals surface area (Å²) in [7, 11) is 0. The van der Waals surface area contributed by atoms with Crippen molar-refractivity contribution >= 4 is 17.7 Å². The van der Waals surface area contributed by atoms with Gasteiger partial charge in [0.15, 0.2) is 0 Å². The fraction of sp³-hybridized carbons (Fsp3) is 0.500. The molecule has 6 nitrogen and oxygen atoms in total. The predicted octanol–water partition coefficient (Wildman–Crippen LogP) is -0.00310. The van der Waals surface area contributed by atoms with Crippen LogP contribution in [0.4, 0.5) is 11.8 Å². The first-order chi connectivity index (χ1) is 7.75. The van der Waals surface area contributed by atoms with E-state index in [1.54, 1.807) is 6.07 Å². The quantitative estimate of drug-likeness (QED) is 0.653. The number of carbonyl (C=O) groups is 1. The number of amides is 1. The third-order valence-electron chi connectivity index (χ3n) is 2.62. The maximum absolute atomic E-state index is 11.8. The van der Waals surface area contributed by atoms with Crippen LogP contribution >= 0.6 is 0 Å². The van der Waals surface area contributed by atoms with E-state index in [0.29, 0.717) is 5.82 Å². The molecule has 1 aliphatic rings. The van der Waals surface area contributed by atoms with Gasteiger partial charge in [-0.3, -0.25) is 10.1 Å². The first-order valence-corrected chi connectivity index (χ1v) is 5.36. The van der Waals surface area contributed by atoms with Gasteiger partial charge in [-0.25, -0.2) is 4.98 Å². The molecule has 0 radical (unpaired) electrons. The maximum atomic E-state index is 11.8. The molecule has 6 heteroatoms. The van der Waals surface area contributed by atoms with Crippen molar-refractivity contribution in [3.05, 3.63) is 12.3 Å². The van der Waals surface area contributed by atoms with Gasteiger partial charge in [0.25, 0.3) is 0 Å². The Bertz CT molecular complexity index is 375.